The maximum Gasteiger partial charge on any atom is 0.169 e. The molecule has 3 rings (SSSR count). The number of ether oxygens (including phenoxy) is 2. The van der Waals surface area contributed by atoms with Crippen molar-refractivity contribution >= 4 is 6.29 Å². The van der Waals surface area contributed by atoms with Crippen LogP contribution in [0.4, 0.5) is 8.78 Å². The minimum Gasteiger partial charge on any atom is -0.490 e. The van der Waals surface area contributed by atoms with Gasteiger partial charge in [0, 0.05) is 13.2 Å². The zero-order valence-electron chi connectivity index (χ0n) is 12.1. The summed E-state index contributed by atoms with van der Waals surface area (Å²) in [4.78, 5) is 10.4. The van der Waals surface area contributed by atoms with Crippen molar-refractivity contribution in [2.75, 3.05) is 7.11 Å². The lowest BCUT2D eigenvalue weighted by Crippen LogP contribution is -2.24. The molecule has 5 heteroatoms. The molecule has 3 nitrogen and oxygen atoms in total. The van der Waals surface area contributed by atoms with Crippen LogP contribution >= 0.6 is 0 Å². The Morgan fingerprint density at radius 2 is 1.71 bits per heavy atom. The van der Waals surface area contributed by atoms with Crippen LogP contribution in [0, 0.1) is 11.6 Å². The average Bonchev–Trinajstić information content (AvgIpc) is 2.37. The average molecular weight is 298 g/mol. The maximum absolute atomic E-state index is 13.0. The van der Waals surface area contributed by atoms with Crippen molar-refractivity contribution in [3.8, 4) is 5.75 Å². The molecule has 0 atom stereocenters. The Morgan fingerprint density at radius 1 is 1.10 bits per heavy atom. The SMILES string of the molecule is COC1CCC1.O=Cc1cc(OC2CCC2)cc(F)c1F. The zero-order chi connectivity index (χ0) is 15.2. The summed E-state index contributed by atoms with van der Waals surface area (Å²) >= 11 is 0. The summed E-state index contributed by atoms with van der Waals surface area (Å²) in [5.74, 6) is -1.94. The summed E-state index contributed by atoms with van der Waals surface area (Å²) in [6.07, 6.45) is 7.87. The minimum absolute atomic E-state index is 0.0781. The quantitative estimate of drug-likeness (QED) is 0.791. The summed E-state index contributed by atoms with van der Waals surface area (Å²) in [7, 11) is 1.78. The summed E-state index contributed by atoms with van der Waals surface area (Å²) in [5.41, 5.74) is -0.302. The first-order valence-electron chi connectivity index (χ1n) is 7.27. The molecule has 0 N–H and O–H groups in total. The fraction of sp³-hybridized carbons (Fsp3) is 0.562. The normalized spacial score (nSPS) is 18.0. The number of methoxy groups -OCH3 is 1. The molecule has 0 bridgehead atoms. The predicted molar refractivity (Wildman–Crippen MR) is 74.7 cm³/mol. The van der Waals surface area contributed by atoms with E-state index in [9.17, 15) is 13.6 Å². The lowest BCUT2D eigenvalue weighted by atomic mass is 9.96. The van der Waals surface area contributed by atoms with Gasteiger partial charge in [0.2, 0.25) is 0 Å². The van der Waals surface area contributed by atoms with Crippen molar-refractivity contribution in [3.05, 3.63) is 29.3 Å². The molecule has 2 aliphatic rings. The molecule has 2 fully saturated rings. The molecule has 0 unspecified atom stereocenters. The largest absolute Gasteiger partial charge is 0.490 e. The molecular weight excluding hydrogens is 278 g/mol. The molecule has 0 amide bonds. The van der Waals surface area contributed by atoms with Crippen LogP contribution in [0.5, 0.6) is 5.75 Å². The van der Waals surface area contributed by atoms with E-state index in [0.717, 1.165) is 25.3 Å². The molecular formula is C16H20F2O3. The van der Waals surface area contributed by atoms with E-state index in [4.69, 9.17) is 9.47 Å². The van der Waals surface area contributed by atoms with Crippen LogP contribution < -0.4 is 4.74 Å². The molecule has 116 valence electrons. The second kappa shape index (κ2) is 7.50. The van der Waals surface area contributed by atoms with Crippen LogP contribution in [-0.2, 0) is 4.74 Å². The van der Waals surface area contributed by atoms with E-state index in [1.807, 2.05) is 0 Å². The Bertz CT molecular complexity index is 480. The van der Waals surface area contributed by atoms with Crippen LogP contribution in [0.3, 0.4) is 0 Å². The highest BCUT2D eigenvalue weighted by Gasteiger charge is 2.20. The fourth-order valence-corrected chi connectivity index (χ4v) is 2.03. The molecule has 0 spiro atoms. The first-order valence-corrected chi connectivity index (χ1v) is 7.27. The number of carbonyl (C=O) groups excluding carboxylic acids is 1. The molecule has 0 radical (unpaired) electrons. The first-order chi connectivity index (χ1) is 10.1. The van der Waals surface area contributed by atoms with E-state index < -0.39 is 11.6 Å². The second-order valence-corrected chi connectivity index (χ2v) is 5.39. The summed E-state index contributed by atoms with van der Waals surface area (Å²) in [6.45, 7) is 0. The smallest absolute Gasteiger partial charge is 0.169 e. The molecule has 0 aliphatic heterocycles. The third-order valence-corrected chi connectivity index (χ3v) is 3.90. The highest BCUT2D eigenvalue weighted by molar-refractivity contribution is 5.76. The first kappa shape index (κ1) is 15.9. The van der Waals surface area contributed by atoms with Gasteiger partial charge in [-0.2, -0.15) is 0 Å². The van der Waals surface area contributed by atoms with Gasteiger partial charge in [-0.3, -0.25) is 4.79 Å². The highest BCUT2D eigenvalue weighted by atomic mass is 19.2. The van der Waals surface area contributed by atoms with Gasteiger partial charge < -0.3 is 9.47 Å². The zero-order valence-corrected chi connectivity index (χ0v) is 12.1. The Balaban J connectivity index is 0.000000225. The van der Waals surface area contributed by atoms with Gasteiger partial charge in [0.25, 0.3) is 0 Å². The van der Waals surface area contributed by atoms with E-state index in [0.29, 0.717) is 6.10 Å². The number of carbonyl (C=O) groups is 1. The molecule has 1 aromatic rings. The molecule has 2 aliphatic carbocycles. The number of rotatable bonds is 4. The standard InChI is InChI=1S/C11H10F2O2.C5H10O/c12-10-5-9(15-8-2-1-3-8)4-7(6-14)11(10)13;1-6-5-3-2-4-5/h4-6,8H,1-3H2;5H,2-4H2,1H3. The third-order valence-electron chi connectivity index (χ3n) is 3.90. The summed E-state index contributed by atoms with van der Waals surface area (Å²) in [5, 5.41) is 0. The number of aldehydes is 1. The van der Waals surface area contributed by atoms with Crippen molar-refractivity contribution in [2.24, 2.45) is 0 Å². The van der Waals surface area contributed by atoms with E-state index in [2.05, 4.69) is 0 Å². The maximum atomic E-state index is 13.0. The Morgan fingerprint density at radius 3 is 2.10 bits per heavy atom. The van der Waals surface area contributed by atoms with Crippen molar-refractivity contribution in [2.45, 2.75) is 50.7 Å². The topological polar surface area (TPSA) is 35.5 Å². The minimum atomic E-state index is -1.12. The van der Waals surface area contributed by atoms with Crippen molar-refractivity contribution < 1.29 is 23.0 Å². The van der Waals surface area contributed by atoms with Gasteiger partial charge in [0.05, 0.1) is 17.8 Å². The van der Waals surface area contributed by atoms with Crippen LogP contribution in [-0.4, -0.2) is 25.6 Å². The lowest BCUT2D eigenvalue weighted by Gasteiger charge is -2.26. The van der Waals surface area contributed by atoms with Crippen LogP contribution in [0.1, 0.15) is 48.9 Å². The van der Waals surface area contributed by atoms with Crippen molar-refractivity contribution in [1.29, 1.82) is 0 Å². The van der Waals surface area contributed by atoms with E-state index >= 15 is 0 Å². The van der Waals surface area contributed by atoms with Crippen LogP contribution in [0.15, 0.2) is 12.1 Å². The summed E-state index contributed by atoms with van der Waals surface area (Å²) < 4.78 is 36.3. The third kappa shape index (κ3) is 4.24. The van der Waals surface area contributed by atoms with E-state index in [1.54, 1.807) is 7.11 Å². The Labute approximate surface area is 123 Å². The number of benzene rings is 1. The van der Waals surface area contributed by atoms with Gasteiger partial charge in [0.15, 0.2) is 17.9 Å². The predicted octanol–water partition coefficient (Wildman–Crippen LogP) is 3.89. The fourth-order valence-electron chi connectivity index (χ4n) is 2.03. The monoisotopic (exact) mass is 298 g/mol. The van der Waals surface area contributed by atoms with Gasteiger partial charge in [-0.15, -0.1) is 0 Å². The van der Waals surface area contributed by atoms with Gasteiger partial charge in [0.1, 0.15) is 5.75 Å². The number of halogens is 2. The molecule has 1 aromatic carbocycles. The van der Waals surface area contributed by atoms with Gasteiger partial charge in [-0.05, 0) is 44.6 Å². The van der Waals surface area contributed by atoms with Gasteiger partial charge in [-0.1, -0.05) is 0 Å². The van der Waals surface area contributed by atoms with Crippen molar-refractivity contribution in [1.82, 2.24) is 0 Å². The van der Waals surface area contributed by atoms with Crippen molar-refractivity contribution in [3.63, 3.8) is 0 Å². The van der Waals surface area contributed by atoms with E-state index in [-0.39, 0.29) is 23.7 Å². The Hall–Kier alpha value is -1.49. The van der Waals surface area contributed by atoms with Gasteiger partial charge in [-0.25, -0.2) is 8.78 Å². The van der Waals surface area contributed by atoms with Crippen LogP contribution in [0.2, 0.25) is 0 Å². The van der Waals surface area contributed by atoms with Gasteiger partial charge >= 0.3 is 0 Å². The second-order valence-electron chi connectivity index (χ2n) is 5.39. The van der Waals surface area contributed by atoms with E-state index in [1.165, 1.54) is 25.3 Å². The Kier molecular flexibility index (Phi) is 5.67. The number of hydrogen-bond acceptors (Lipinski definition) is 3. The summed E-state index contributed by atoms with van der Waals surface area (Å²) in [6, 6.07) is 2.20. The lowest BCUT2D eigenvalue weighted by molar-refractivity contribution is 0.0412. The molecule has 0 heterocycles. The molecule has 2 saturated carbocycles. The number of hydrogen-bond donors (Lipinski definition) is 0. The van der Waals surface area contributed by atoms with Crippen LogP contribution in [0.25, 0.3) is 0 Å². The highest BCUT2D eigenvalue weighted by Crippen LogP contribution is 2.27. The molecule has 0 aromatic heterocycles. The molecule has 21 heavy (non-hydrogen) atoms. The molecule has 0 saturated heterocycles.